The first-order valence-electron chi connectivity index (χ1n) is 12.3. The first-order valence-corrected chi connectivity index (χ1v) is 13.1. The van der Waals surface area contributed by atoms with E-state index in [2.05, 4.69) is 79.6 Å². The number of aryl methyl sites for hydroxylation is 1. The average Bonchev–Trinajstić information content (AvgIpc) is 3.37. The van der Waals surface area contributed by atoms with Crippen molar-refractivity contribution in [3.05, 3.63) is 106 Å². The molecule has 4 aromatic rings. The molecule has 6 nitrogen and oxygen atoms in total. The molecular formula is C29H29BrN4O2. The van der Waals surface area contributed by atoms with Gasteiger partial charge in [0, 0.05) is 16.0 Å². The van der Waals surface area contributed by atoms with Crippen LogP contribution in [-0.4, -0.2) is 34.0 Å². The van der Waals surface area contributed by atoms with Crippen molar-refractivity contribution in [2.24, 2.45) is 5.92 Å². The molecule has 1 N–H and O–H groups in total. The van der Waals surface area contributed by atoms with E-state index in [1.807, 2.05) is 42.5 Å². The van der Waals surface area contributed by atoms with Gasteiger partial charge in [-0.05, 0) is 68.2 Å². The maximum absolute atomic E-state index is 13.3. The van der Waals surface area contributed by atoms with Gasteiger partial charge in [0.2, 0.25) is 17.6 Å². The molecule has 0 bridgehead atoms. The van der Waals surface area contributed by atoms with E-state index in [1.54, 1.807) is 0 Å². The van der Waals surface area contributed by atoms with Gasteiger partial charge in [0.1, 0.15) is 0 Å². The lowest BCUT2D eigenvalue weighted by Gasteiger charge is -2.31. The minimum Gasteiger partial charge on any atom is -0.345 e. The van der Waals surface area contributed by atoms with Crippen LogP contribution in [0, 0.1) is 12.8 Å². The number of aromatic nitrogens is 2. The molecule has 0 radical (unpaired) electrons. The molecule has 1 unspecified atom stereocenters. The Balaban J connectivity index is 1.18. The van der Waals surface area contributed by atoms with Crippen LogP contribution in [-0.2, 0) is 11.3 Å². The molecule has 1 aliphatic heterocycles. The Morgan fingerprint density at radius 3 is 2.36 bits per heavy atom. The Morgan fingerprint density at radius 2 is 1.67 bits per heavy atom. The molecule has 184 valence electrons. The van der Waals surface area contributed by atoms with Crippen LogP contribution in [0.2, 0.25) is 0 Å². The highest BCUT2D eigenvalue weighted by Gasteiger charge is 2.28. The number of hydrogen-bond acceptors (Lipinski definition) is 5. The molecule has 0 aliphatic carbocycles. The number of hydrogen-bond donors (Lipinski definition) is 1. The first kappa shape index (κ1) is 24.4. The first-order chi connectivity index (χ1) is 17.5. The van der Waals surface area contributed by atoms with Crippen LogP contribution in [0.25, 0.3) is 11.4 Å². The monoisotopic (exact) mass is 544 g/mol. The van der Waals surface area contributed by atoms with E-state index in [-0.39, 0.29) is 17.9 Å². The van der Waals surface area contributed by atoms with E-state index in [0.29, 0.717) is 18.3 Å². The lowest BCUT2D eigenvalue weighted by molar-refractivity contribution is -0.127. The Bertz CT molecular complexity index is 1280. The minimum atomic E-state index is -0.159. The molecule has 1 amide bonds. The summed E-state index contributed by atoms with van der Waals surface area (Å²) in [7, 11) is 0. The zero-order valence-corrected chi connectivity index (χ0v) is 21.8. The number of likely N-dealkylation sites (tertiary alicyclic amines) is 1. The number of amides is 1. The van der Waals surface area contributed by atoms with Gasteiger partial charge in [0.25, 0.3) is 0 Å². The molecule has 1 saturated heterocycles. The third kappa shape index (κ3) is 5.91. The summed E-state index contributed by atoms with van der Waals surface area (Å²) in [6, 6.07) is 26.2. The number of carbonyl (C=O) groups is 1. The van der Waals surface area contributed by atoms with Crippen molar-refractivity contribution in [3.63, 3.8) is 0 Å². The van der Waals surface area contributed by atoms with Crippen molar-refractivity contribution in [2.45, 2.75) is 32.4 Å². The van der Waals surface area contributed by atoms with Gasteiger partial charge in [0.15, 0.2) is 0 Å². The molecule has 36 heavy (non-hydrogen) atoms. The molecule has 0 spiro atoms. The van der Waals surface area contributed by atoms with Crippen LogP contribution in [0.5, 0.6) is 0 Å². The molecule has 1 atom stereocenters. The van der Waals surface area contributed by atoms with Gasteiger partial charge in [-0.1, -0.05) is 81.2 Å². The molecule has 0 saturated carbocycles. The minimum absolute atomic E-state index is 0.0149. The third-order valence-electron chi connectivity index (χ3n) is 6.72. The molecule has 1 fully saturated rings. The second-order valence-electron chi connectivity index (χ2n) is 9.33. The maximum atomic E-state index is 13.3. The highest BCUT2D eigenvalue weighted by molar-refractivity contribution is 9.10. The molecule has 7 heteroatoms. The Morgan fingerprint density at radius 1 is 1.00 bits per heavy atom. The normalized spacial score (nSPS) is 15.5. The van der Waals surface area contributed by atoms with E-state index in [1.165, 1.54) is 5.56 Å². The van der Waals surface area contributed by atoms with Crippen LogP contribution in [0.4, 0.5) is 0 Å². The highest BCUT2D eigenvalue weighted by Crippen LogP contribution is 2.26. The summed E-state index contributed by atoms with van der Waals surface area (Å²) >= 11 is 3.44. The maximum Gasteiger partial charge on any atom is 0.241 e. The summed E-state index contributed by atoms with van der Waals surface area (Å²) in [4.78, 5) is 20.1. The van der Waals surface area contributed by atoms with Crippen molar-refractivity contribution < 1.29 is 9.32 Å². The summed E-state index contributed by atoms with van der Waals surface area (Å²) in [6.45, 7) is 4.29. The zero-order valence-electron chi connectivity index (χ0n) is 20.2. The Labute approximate surface area is 219 Å². The summed E-state index contributed by atoms with van der Waals surface area (Å²) < 4.78 is 6.50. The van der Waals surface area contributed by atoms with Gasteiger partial charge < -0.3 is 9.84 Å². The zero-order chi connectivity index (χ0) is 24.9. The number of piperidine rings is 1. The number of rotatable bonds is 7. The van der Waals surface area contributed by atoms with Crippen molar-refractivity contribution in [3.8, 4) is 11.4 Å². The summed E-state index contributed by atoms with van der Waals surface area (Å²) in [5.41, 5.74) is 4.31. The fourth-order valence-corrected chi connectivity index (χ4v) is 4.87. The van der Waals surface area contributed by atoms with Gasteiger partial charge in [0.05, 0.1) is 12.6 Å². The van der Waals surface area contributed by atoms with Crippen LogP contribution in [0.3, 0.4) is 0 Å². The van der Waals surface area contributed by atoms with E-state index in [9.17, 15) is 4.79 Å². The molecule has 2 heterocycles. The number of nitrogens with one attached hydrogen (secondary N) is 1. The Hall–Kier alpha value is -3.29. The van der Waals surface area contributed by atoms with Crippen LogP contribution in [0.1, 0.15) is 41.5 Å². The SMILES string of the molecule is Cc1ccc(C(NC(=O)C2CCN(Cc3nc(-c4ccc(Br)cc4)no3)CC2)c2ccccc2)cc1. The largest absolute Gasteiger partial charge is 0.345 e. The third-order valence-corrected chi connectivity index (χ3v) is 7.25. The van der Waals surface area contributed by atoms with Crippen molar-refractivity contribution >= 4 is 21.8 Å². The quantitative estimate of drug-likeness (QED) is 0.312. The van der Waals surface area contributed by atoms with Crippen molar-refractivity contribution in [2.75, 3.05) is 13.1 Å². The fraction of sp³-hybridized carbons (Fsp3) is 0.276. The van der Waals surface area contributed by atoms with E-state index < -0.39 is 0 Å². The van der Waals surface area contributed by atoms with Crippen LogP contribution >= 0.6 is 15.9 Å². The van der Waals surface area contributed by atoms with Gasteiger partial charge in [-0.15, -0.1) is 0 Å². The van der Waals surface area contributed by atoms with Crippen LogP contribution in [0.15, 0.2) is 87.9 Å². The standard InChI is InChI=1S/C29H29BrN4O2/c1-20-7-9-22(10-8-20)27(21-5-3-2-4-6-21)32-29(35)24-15-17-34(18-16-24)19-26-31-28(33-36-26)23-11-13-25(30)14-12-23/h2-14,24,27H,15-19H2,1H3,(H,32,35). The second-order valence-corrected chi connectivity index (χ2v) is 10.2. The van der Waals surface area contributed by atoms with E-state index in [0.717, 1.165) is 47.1 Å². The summed E-state index contributed by atoms with van der Waals surface area (Å²) in [5.74, 6) is 1.28. The molecule has 1 aliphatic rings. The van der Waals surface area contributed by atoms with Crippen molar-refractivity contribution in [1.82, 2.24) is 20.4 Å². The van der Waals surface area contributed by atoms with Gasteiger partial charge in [-0.2, -0.15) is 4.98 Å². The van der Waals surface area contributed by atoms with E-state index in [4.69, 9.17) is 4.52 Å². The number of halogens is 1. The van der Waals surface area contributed by atoms with Gasteiger partial charge >= 0.3 is 0 Å². The predicted octanol–water partition coefficient (Wildman–Crippen LogP) is 5.93. The van der Waals surface area contributed by atoms with Gasteiger partial charge in [-0.25, -0.2) is 0 Å². The van der Waals surface area contributed by atoms with E-state index >= 15 is 0 Å². The lowest BCUT2D eigenvalue weighted by atomic mass is 9.93. The average molecular weight is 545 g/mol. The summed E-state index contributed by atoms with van der Waals surface area (Å²) in [5, 5.41) is 7.46. The van der Waals surface area contributed by atoms with Gasteiger partial charge in [-0.3, -0.25) is 9.69 Å². The molecular weight excluding hydrogens is 516 g/mol. The summed E-state index contributed by atoms with van der Waals surface area (Å²) in [6.07, 6.45) is 1.60. The molecule has 5 rings (SSSR count). The predicted molar refractivity (Wildman–Crippen MR) is 143 cm³/mol. The number of benzene rings is 3. The van der Waals surface area contributed by atoms with Crippen molar-refractivity contribution in [1.29, 1.82) is 0 Å². The highest BCUT2D eigenvalue weighted by atomic mass is 79.9. The topological polar surface area (TPSA) is 71.3 Å². The number of carbonyl (C=O) groups excluding carboxylic acids is 1. The smallest absolute Gasteiger partial charge is 0.241 e. The number of nitrogens with zero attached hydrogens (tertiary/aromatic N) is 3. The van der Waals surface area contributed by atoms with Crippen LogP contribution < -0.4 is 5.32 Å². The Kier molecular flexibility index (Phi) is 7.58. The lowest BCUT2D eigenvalue weighted by Crippen LogP contribution is -2.41. The second kappa shape index (κ2) is 11.2. The molecule has 1 aromatic heterocycles. The molecule has 3 aromatic carbocycles. The fourth-order valence-electron chi connectivity index (χ4n) is 4.60.